The maximum atomic E-state index is 12.0. The zero-order valence-corrected chi connectivity index (χ0v) is 14.6. The van der Waals surface area contributed by atoms with E-state index in [1.807, 2.05) is 0 Å². The third kappa shape index (κ3) is 3.31. The van der Waals surface area contributed by atoms with Gasteiger partial charge in [-0.25, -0.2) is 24.1 Å². The Bertz CT molecular complexity index is 724. The summed E-state index contributed by atoms with van der Waals surface area (Å²) in [6.07, 6.45) is 1.73. The second kappa shape index (κ2) is 6.76. The number of esters is 4. The Kier molecular flexibility index (Phi) is 4.76. The van der Waals surface area contributed by atoms with Crippen LogP contribution in [0.2, 0.25) is 0 Å². The summed E-state index contributed by atoms with van der Waals surface area (Å²) >= 11 is 0. The highest BCUT2D eigenvalue weighted by atomic mass is 16.8. The van der Waals surface area contributed by atoms with Crippen molar-refractivity contribution in [3.8, 4) is 0 Å². The van der Waals surface area contributed by atoms with Gasteiger partial charge in [0, 0.05) is 43.9 Å². The van der Waals surface area contributed by atoms with Crippen molar-refractivity contribution in [3.05, 3.63) is 24.3 Å². The lowest BCUT2D eigenvalue weighted by molar-refractivity contribution is -0.394. The molecule has 1 spiro atoms. The molecular formula is C16H18N2O9. The molecule has 1 saturated heterocycles. The quantitative estimate of drug-likeness (QED) is 0.425. The van der Waals surface area contributed by atoms with Crippen molar-refractivity contribution < 1.29 is 43.2 Å². The van der Waals surface area contributed by atoms with Gasteiger partial charge in [0.15, 0.2) is 6.10 Å². The molecule has 11 heteroatoms. The molecule has 0 bridgehead atoms. The number of ether oxygens (including phenoxy) is 4. The van der Waals surface area contributed by atoms with E-state index in [0.717, 1.165) is 24.3 Å². The summed E-state index contributed by atoms with van der Waals surface area (Å²) < 4.78 is 20.6. The van der Waals surface area contributed by atoms with E-state index in [0.29, 0.717) is 6.54 Å². The molecule has 0 saturated carbocycles. The van der Waals surface area contributed by atoms with Gasteiger partial charge in [0.25, 0.3) is 0 Å². The highest BCUT2D eigenvalue weighted by Gasteiger charge is 2.75. The Labute approximate surface area is 153 Å². The van der Waals surface area contributed by atoms with Crippen LogP contribution in [0.3, 0.4) is 0 Å². The van der Waals surface area contributed by atoms with Gasteiger partial charge < -0.3 is 29.0 Å². The average molecular weight is 382 g/mol. The Hall–Kier alpha value is -2.76. The van der Waals surface area contributed by atoms with E-state index >= 15 is 0 Å². The van der Waals surface area contributed by atoms with E-state index in [-0.39, 0.29) is 13.1 Å². The van der Waals surface area contributed by atoms with Crippen molar-refractivity contribution in [3.63, 3.8) is 0 Å². The Balaban J connectivity index is 2.09. The third-order valence-corrected chi connectivity index (χ3v) is 4.21. The predicted octanol–water partition coefficient (Wildman–Crippen LogP) is -2.11. The third-order valence-electron chi connectivity index (χ3n) is 4.21. The molecular weight excluding hydrogens is 364 g/mol. The first-order valence-corrected chi connectivity index (χ1v) is 8.04. The van der Waals surface area contributed by atoms with Crippen molar-refractivity contribution in [2.75, 3.05) is 33.7 Å². The van der Waals surface area contributed by atoms with Crippen LogP contribution in [0.15, 0.2) is 24.3 Å². The summed E-state index contributed by atoms with van der Waals surface area (Å²) in [7, 11) is 3.55. The molecule has 0 aliphatic carbocycles. The normalized spacial score (nSPS) is 31.3. The smallest absolute Gasteiger partial charge is 0.394 e. The lowest BCUT2D eigenvalue weighted by Gasteiger charge is -2.42. The molecule has 1 fully saturated rings. The molecule has 0 amide bonds. The van der Waals surface area contributed by atoms with Crippen molar-refractivity contribution in [2.24, 2.45) is 0 Å². The lowest BCUT2D eigenvalue weighted by Crippen LogP contribution is -2.67. The van der Waals surface area contributed by atoms with Gasteiger partial charge in [0.2, 0.25) is 0 Å². The minimum absolute atomic E-state index is 0.120. The molecule has 0 radical (unpaired) electrons. The number of likely N-dealkylation sites (N-methyl/N-ethyl adjacent to an activating group) is 1. The van der Waals surface area contributed by atoms with E-state index in [4.69, 9.17) is 18.9 Å². The summed E-state index contributed by atoms with van der Waals surface area (Å²) in [6.45, 7) is 0.292. The fourth-order valence-electron chi connectivity index (χ4n) is 2.96. The molecule has 0 aromatic carbocycles. The van der Waals surface area contributed by atoms with E-state index in [1.165, 1.54) is 4.90 Å². The van der Waals surface area contributed by atoms with Crippen LogP contribution in [0.5, 0.6) is 0 Å². The molecule has 11 nitrogen and oxygen atoms in total. The van der Waals surface area contributed by atoms with Crippen LogP contribution in [0.4, 0.5) is 0 Å². The van der Waals surface area contributed by atoms with Crippen LogP contribution in [0.1, 0.15) is 0 Å². The Morgan fingerprint density at radius 3 is 2.07 bits per heavy atom. The number of likely N-dealkylation sites (tertiary alicyclic amines) is 1. The molecule has 1 N–H and O–H groups in total. The first-order chi connectivity index (χ1) is 12.7. The minimum Gasteiger partial charge on any atom is -0.450 e. The van der Waals surface area contributed by atoms with Gasteiger partial charge in [-0.15, -0.1) is 0 Å². The minimum atomic E-state index is -2.77. The highest BCUT2D eigenvalue weighted by molar-refractivity contribution is 5.94. The largest absolute Gasteiger partial charge is 0.450 e. The van der Waals surface area contributed by atoms with Gasteiger partial charge in [0.05, 0.1) is 0 Å². The number of carbonyl (C=O) groups excluding carboxylic acids is 4. The van der Waals surface area contributed by atoms with Crippen LogP contribution in [-0.2, 0) is 38.1 Å². The van der Waals surface area contributed by atoms with Gasteiger partial charge in [-0.1, -0.05) is 0 Å². The molecule has 3 aliphatic heterocycles. The molecule has 27 heavy (non-hydrogen) atoms. The fraction of sp³-hybridized carbons (Fsp3) is 0.500. The zero-order chi connectivity index (χ0) is 19.8. The predicted molar refractivity (Wildman–Crippen MR) is 84.2 cm³/mol. The summed E-state index contributed by atoms with van der Waals surface area (Å²) in [5.41, 5.74) is 0. The highest BCUT2D eigenvalue weighted by Crippen LogP contribution is 2.44. The molecule has 3 aliphatic rings. The number of fused-ring (bicyclic) bond motifs is 2. The maximum absolute atomic E-state index is 12.0. The van der Waals surface area contributed by atoms with Crippen molar-refractivity contribution in [1.29, 1.82) is 0 Å². The Morgan fingerprint density at radius 2 is 1.52 bits per heavy atom. The number of carbonyl (C=O) groups is 4. The van der Waals surface area contributed by atoms with Gasteiger partial charge in [-0.05, 0) is 14.1 Å². The zero-order valence-electron chi connectivity index (χ0n) is 14.6. The van der Waals surface area contributed by atoms with Gasteiger partial charge in [-0.2, -0.15) is 0 Å². The second-order valence-corrected chi connectivity index (χ2v) is 6.38. The first-order valence-electron chi connectivity index (χ1n) is 8.04. The monoisotopic (exact) mass is 382 g/mol. The SMILES string of the molecule is CN(C)CCN1CC2OC(=O)/C=C\C(=O)OC2(O)C12OC(=O)C=CC(=O)O2. The first kappa shape index (κ1) is 19.0. The van der Waals surface area contributed by atoms with Crippen molar-refractivity contribution in [2.45, 2.75) is 17.8 Å². The number of aliphatic hydroxyl groups is 1. The maximum Gasteiger partial charge on any atom is 0.394 e. The lowest BCUT2D eigenvalue weighted by atomic mass is 10.1. The molecule has 2 unspecified atom stereocenters. The fourth-order valence-corrected chi connectivity index (χ4v) is 2.96. The summed E-state index contributed by atoms with van der Waals surface area (Å²) in [4.78, 5) is 50.9. The van der Waals surface area contributed by atoms with Crippen LogP contribution >= 0.6 is 0 Å². The van der Waals surface area contributed by atoms with Gasteiger partial charge in [-0.3, -0.25) is 0 Å². The van der Waals surface area contributed by atoms with Crippen LogP contribution in [0, 0.1) is 0 Å². The molecule has 0 aromatic heterocycles. The number of hydrogen-bond donors (Lipinski definition) is 1. The van der Waals surface area contributed by atoms with Gasteiger partial charge >= 0.3 is 35.6 Å². The topological polar surface area (TPSA) is 132 Å². The number of hydrogen-bond acceptors (Lipinski definition) is 11. The number of nitrogens with zero attached hydrogens (tertiary/aromatic N) is 2. The molecule has 0 aromatic rings. The molecule has 146 valence electrons. The summed E-state index contributed by atoms with van der Waals surface area (Å²) in [6, 6.07) is 0. The average Bonchev–Trinajstić information content (AvgIpc) is 2.69. The summed E-state index contributed by atoms with van der Waals surface area (Å²) in [5.74, 6) is -9.32. The molecule has 2 atom stereocenters. The van der Waals surface area contributed by atoms with E-state index in [1.54, 1.807) is 19.0 Å². The second-order valence-electron chi connectivity index (χ2n) is 6.38. The van der Waals surface area contributed by atoms with Crippen LogP contribution < -0.4 is 0 Å². The van der Waals surface area contributed by atoms with E-state index < -0.39 is 41.7 Å². The molecule has 3 heterocycles. The van der Waals surface area contributed by atoms with E-state index in [9.17, 15) is 24.3 Å². The van der Waals surface area contributed by atoms with Gasteiger partial charge in [0.1, 0.15) is 0 Å². The van der Waals surface area contributed by atoms with Crippen LogP contribution in [-0.4, -0.2) is 90.3 Å². The van der Waals surface area contributed by atoms with Crippen molar-refractivity contribution >= 4 is 23.9 Å². The van der Waals surface area contributed by atoms with Crippen molar-refractivity contribution in [1.82, 2.24) is 9.80 Å². The standard InChI is InChI=1S/C16H18N2O9/c1-17(2)7-8-18-9-10-15(23,25-12(20)4-3-11(19)24-10)16(18)26-13(21)5-6-14(22)27-16/h3-6,10,23H,7-9H2,1-2H3/b4-3-. The van der Waals surface area contributed by atoms with E-state index in [2.05, 4.69) is 0 Å². The Morgan fingerprint density at radius 1 is 1.00 bits per heavy atom. The summed E-state index contributed by atoms with van der Waals surface area (Å²) in [5, 5.41) is 11.2. The molecule has 3 rings (SSSR count). The van der Waals surface area contributed by atoms with Crippen LogP contribution in [0.25, 0.3) is 0 Å². The number of rotatable bonds is 3.